The molecule has 0 spiro atoms. The normalized spacial score (nSPS) is 15.7. The molecule has 1 aliphatic heterocycles. The van der Waals surface area contributed by atoms with Gasteiger partial charge in [-0.25, -0.2) is 13.6 Å². The zero-order valence-corrected chi connectivity index (χ0v) is 21.9. The van der Waals surface area contributed by atoms with Crippen LogP contribution in [0.25, 0.3) is 17.5 Å². The summed E-state index contributed by atoms with van der Waals surface area (Å²) >= 11 is 7.43. The van der Waals surface area contributed by atoms with Crippen molar-refractivity contribution in [2.24, 2.45) is 5.73 Å². The van der Waals surface area contributed by atoms with Crippen molar-refractivity contribution in [3.63, 3.8) is 0 Å². The highest BCUT2D eigenvalue weighted by atomic mass is 79.9. The van der Waals surface area contributed by atoms with Crippen LogP contribution in [0.15, 0.2) is 55.7 Å². The Morgan fingerprint density at radius 1 is 1.23 bits per heavy atom. The lowest BCUT2D eigenvalue weighted by Crippen LogP contribution is -2.40. The van der Waals surface area contributed by atoms with E-state index in [1.165, 1.54) is 42.5 Å². The average molecular weight is 623 g/mol. The first-order valence-corrected chi connectivity index (χ1v) is 12.5. The molecule has 11 heteroatoms. The van der Waals surface area contributed by atoms with Gasteiger partial charge < -0.3 is 10.5 Å². The first kappa shape index (κ1) is 25.0. The first-order valence-electron chi connectivity index (χ1n) is 10.1. The number of fused-ring (bicyclic) bond motifs is 1. The van der Waals surface area contributed by atoms with E-state index in [4.69, 9.17) is 10.5 Å². The summed E-state index contributed by atoms with van der Waals surface area (Å²) in [5.41, 5.74) is 5.45. The number of nitrogens with zero attached hydrogens (tertiary/aromatic N) is 2. The molecule has 4 rings (SSSR count). The van der Waals surface area contributed by atoms with Crippen molar-refractivity contribution < 1.29 is 18.3 Å². The number of allylic oxidation sites excluding steroid dienone is 1. The fourth-order valence-electron chi connectivity index (χ4n) is 3.77. The lowest BCUT2D eigenvalue weighted by Gasteiger charge is -2.25. The monoisotopic (exact) mass is 621 g/mol. The van der Waals surface area contributed by atoms with Gasteiger partial charge in [0.1, 0.15) is 22.1 Å². The highest BCUT2D eigenvalue weighted by Crippen LogP contribution is 2.38. The third-order valence-corrected chi connectivity index (χ3v) is 7.37. The standard InChI is InChI=1S/C24H15Br2F2N3O3S/c1-2-34-24(33)20-19(14-9-13(26)4-6-17(14)28)15(10-29)21(30)31-22(32)18(35-23(20)31)8-11-7-12(25)3-5-16(11)27/h3-9,19H,2,30H2,1H3/b18-8-. The van der Waals surface area contributed by atoms with Crippen LogP contribution in [0.1, 0.15) is 24.0 Å². The summed E-state index contributed by atoms with van der Waals surface area (Å²) in [5.74, 6) is -3.52. The van der Waals surface area contributed by atoms with Crippen LogP contribution in [-0.4, -0.2) is 17.1 Å². The highest BCUT2D eigenvalue weighted by Gasteiger charge is 2.37. The van der Waals surface area contributed by atoms with Crippen LogP contribution in [0.5, 0.6) is 0 Å². The maximum absolute atomic E-state index is 15.0. The van der Waals surface area contributed by atoms with Crippen LogP contribution in [0.3, 0.4) is 0 Å². The first-order chi connectivity index (χ1) is 16.7. The number of benzene rings is 2. The van der Waals surface area contributed by atoms with Gasteiger partial charge in [-0.15, -0.1) is 11.3 Å². The Balaban J connectivity index is 2.14. The summed E-state index contributed by atoms with van der Waals surface area (Å²) in [4.78, 5) is 26.4. The third kappa shape index (κ3) is 4.49. The highest BCUT2D eigenvalue weighted by molar-refractivity contribution is 9.10. The number of thiazole rings is 1. The number of halogens is 4. The SMILES string of the molecule is CCOC(=O)C1=c2s/c(=C\c3cc(Br)ccc3F)c(=O)n2C(N)=C(C#N)C1c1cc(Br)ccc1F. The van der Waals surface area contributed by atoms with Crippen molar-refractivity contribution in [1.29, 1.82) is 5.26 Å². The maximum Gasteiger partial charge on any atom is 0.338 e. The summed E-state index contributed by atoms with van der Waals surface area (Å²) in [6, 6.07) is 10.3. The number of nitriles is 1. The zero-order valence-electron chi connectivity index (χ0n) is 17.9. The molecule has 1 unspecified atom stereocenters. The number of ether oxygens (including phenoxy) is 1. The zero-order chi connectivity index (χ0) is 25.4. The molecule has 6 nitrogen and oxygen atoms in total. The van der Waals surface area contributed by atoms with Crippen molar-refractivity contribution >= 4 is 66.6 Å². The van der Waals surface area contributed by atoms with Crippen LogP contribution in [0.2, 0.25) is 0 Å². The third-order valence-electron chi connectivity index (χ3n) is 5.28. The number of rotatable bonds is 4. The molecule has 1 atom stereocenters. The lowest BCUT2D eigenvalue weighted by molar-refractivity contribution is -0.136. The molecule has 0 bridgehead atoms. The van der Waals surface area contributed by atoms with Crippen LogP contribution in [0, 0.1) is 23.0 Å². The molecule has 1 aliphatic rings. The van der Waals surface area contributed by atoms with E-state index in [0.29, 0.717) is 8.95 Å². The molecule has 1 aromatic heterocycles. The van der Waals surface area contributed by atoms with Gasteiger partial charge in [0.15, 0.2) is 0 Å². The summed E-state index contributed by atoms with van der Waals surface area (Å²) < 4.78 is 36.8. The van der Waals surface area contributed by atoms with Gasteiger partial charge in [0.05, 0.1) is 34.3 Å². The number of carbonyl (C=O) groups excluding carboxylic acids is 1. The number of hydrogen-bond acceptors (Lipinski definition) is 6. The average Bonchev–Trinajstić information content (AvgIpc) is 3.13. The molecule has 0 fully saturated rings. The quantitative estimate of drug-likeness (QED) is 0.448. The van der Waals surface area contributed by atoms with E-state index < -0.39 is 29.1 Å². The van der Waals surface area contributed by atoms with Gasteiger partial charge >= 0.3 is 5.97 Å². The minimum absolute atomic E-state index is 0.00887. The minimum atomic E-state index is -1.22. The summed E-state index contributed by atoms with van der Waals surface area (Å²) in [7, 11) is 0. The lowest BCUT2D eigenvalue weighted by atomic mass is 9.83. The summed E-state index contributed by atoms with van der Waals surface area (Å²) in [6.07, 6.45) is 1.33. The number of hydrogen-bond donors (Lipinski definition) is 1. The van der Waals surface area contributed by atoms with E-state index in [0.717, 1.165) is 15.9 Å². The van der Waals surface area contributed by atoms with Gasteiger partial charge in [-0.05, 0) is 49.4 Å². The van der Waals surface area contributed by atoms with E-state index >= 15 is 0 Å². The van der Waals surface area contributed by atoms with E-state index in [1.807, 2.05) is 6.07 Å². The molecule has 2 heterocycles. The second kappa shape index (κ2) is 9.89. The van der Waals surface area contributed by atoms with Crippen molar-refractivity contribution in [2.75, 3.05) is 6.61 Å². The van der Waals surface area contributed by atoms with Crippen molar-refractivity contribution in [3.05, 3.63) is 93.2 Å². The molecule has 178 valence electrons. The van der Waals surface area contributed by atoms with Crippen molar-refractivity contribution in [3.8, 4) is 6.07 Å². The molecule has 0 amide bonds. The van der Waals surface area contributed by atoms with Crippen molar-refractivity contribution in [1.82, 2.24) is 4.57 Å². The van der Waals surface area contributed by atoms with Gasteiger partial charge in [-0.2, -0.15) is 5.26 Å². The summed E-state index contributed by atoms with van der Waals surface area (Å²) in [5, 5.41) is 9.95. The number of nitrogens with two attached hydrogens (primary N) is 1. The second-order valence-corrected chi connectivity index (χ2v) is 10.2. The number of esters is 1. The molecule has 0 saturated heterocycles. The molecular weight excluding hydrogens is 608 g/mol. The minimum Gasteiger partial charge on any atom is -0.463 e. The molecule has 3 aromatic rings. The van der Waals surface area contributed by atoms with Crippen LogP contribution in [0.4, 0.5) is 8.78 Å². The van der Waals surface area contributed by atoms with Crippen molar-refractivity contribution in [2.45, 2.75) is 12.8 Å². The predicted octanol–water partition coefficient (Wildman–Crippen LogP) is 3.70. The van der Waals surface area contributed by atoms with Gasteiger partial charge in [0.2, 0.25) is 0 Å². The summed E-state index contributed by atoms with van der Waals surface area (Å²) in [6.45, 7) is 1.61. The number of carbonyl (C=O) groups is 1. The fraction of sp³-hybridized carbons (Fsp3) is 0.125. The van der Waals surface area contributed by atoms with E-state index in [2.05, 4.69) is 31.9 Å². The Morgan fingerprint density at radius 3 is 2.54 bits per heavy atom. The largest absolute Gasteiger partial charge is 0.463 e. The van der Waals surface area contributed by atoms with Gasteiger partial charge in [-0.1, -0.05) is 31.9 Å². The number of aromatic nitrogens is 1. The van der Waals surface area contributed by atoms with E-state index in [9.17, 15) is 23.6 Å². The molecule has 0 radical (unpaired) electrons. The Kier molecular flexibility index (Phi) is 7.07. The Hall–Kier alpha value is -3.07. The Morgan fingerprint density at radius 2 is 1.89 bits per heavy atom. The second-order valence-electron chi connectivity index (χ2n) is 7.37. The van der Waals surface area contributed by atoms with E-state index in [-0.39, 0.29) is 43.9 Å². The van der Waals surface area contributed by atoms with Gasteiger partial charge in [0.25, 0.3) is 5.56 Å². The Bertz CT molecular complexity index is 1640. The molecule has 2 aromatic carbocycles. The topological polar surface area (TPSA) is 98.1 Å². The van der Waals surface area contributed by atoms with Gasteiger partial charge in [-0.3, -0.25) is 9.36 Å². The molecule has 0 aliphatic carbocycles. The van der Waals surface area contributed by atoms with Crippen LogP contribution in [-0.2, 0) is 9.53 Å². The van der Waals surface area contributed by atoms with E-state index in [1.54, 1.807) is 6.92 Å². The molecule has 2 N–H and O–H groups in total. The molecule has 35 heavy (non-hydrogen) atoms. The smallest absolute Gasteiger partial charge is 0.338 e. The fourth-order valence-corrected chi connectivity index (χ4v) is 5.68. The Labute approximate surface area is 218 Å². The van der Waals surface area contributed by atoms with Crippen LogP contribution < -0.4 is 20.5 Å². The predicted molar refractivity (Wildman–Crippen MR) is 135 cm³/mol. The molecular formula is C24H15Br2F2N3O3S. The maximum atomic E-state index is 15.0. The van der Waals surface area contributed by atoms with Crippen LogP contribution >= 0.6 is 43.2 Å². The molecule has 0 saturated carbocycles. The van der Waals surface area contributed by atoms with Gasteiger partial charge in [0, 0.05) is 20.1 Å².